The summed E-state index contributed by atoms with van der Waals surface area (Å²) in [5.41, 5.74) is 0.736. The van der Waals surface area contributed by atoms with Crippen molar-refractivity contribution in [1.82, 2.24) is 5.32 Å². The number of carbonyl (C=O) groups is 2. The van der Waals surface area contributed by atoms with E-state index in [2.05, 4.69) is 5.32 Å². The van der Waals surface area contributed by atoms with Crippen molar-refractivity contribution in [1.29, 1.82) is 0 Å². The molecule has 2 unspecified atom stereocenters. The fourth-order valence-electron chi connectivity index (χ4n) is 2.14. The number of rotatable bonds is 7. The number of aliphatic hydroxyl groups excluding tert-OH is 2. The Kier molecular flexibility index (Phi) is 6.62. The number of hydrogen-bond donors (Lipinski definition) is 3. The van der Waals surface area contributed by atoms with Gasteiger partial charge < -0.3 is 20.3 Å². The molecule has 2 rings (SSSR count). The minimum atomic E-state index is -1.60. The number of benzene rings is 2. The highest BCUT2D eigenvalue weighted by Gasteiger charge is 2.22. The van der Waals surface area contributed by atoms with E-state index in [0.717, 1.165) is 17.7 Å². The molecular weight excluding hydrogens is 329 g/mol. The Balaban J connectivity index is 1.85. The van der Waals surface area contributed by atoms with Gasteiger partial charge in [0.05, 0.1) is 0 Å². The molecule has 0 radical (unpaired) electrons. The summed E-state index contributed by atoms with van der Waals surface area (Å²) in [5.74, 6) is -0.760. The quantitative estimate of drug-likeness (QED) is 0.666. The van der Waals surface area contributed by atoms with Gasteiger partial charge in [-0.15, -0.1) is 0 Å². The van der Waals surface area contributed by atoms with Crippen molar-refractivity contribution >= 4 is 12.4 Å². The number of alkyl carbamates (subject to hydrolysis) is 1. The number of amides is 1. The van der Waals surface area contributed by atoms with E-state index >= 15 is 0 Å². The maximum absolute atomic E-state index is 13.7. The van der Waals surface area contributed by atoms with Crippen molar-refractivity contribution in [2.24, 2.45) is 0 Å². The van der Waals surface area contributed by atoms with Crippen LogP contribution in [0.2, 0.25) is 0 Å². The second-order valence-corrected chi connectivity index (χ2v) is 5.35. The Morgan fingerprint density at radius 1 is 1.20 bits per heavy atom. The van der Waals surface area contributed by atoms with E-state index in [0.29, 0.717) is 6.29 Å². The van der Waals surface area contributed by atoms with Crippen molar-refractivity contribution in [3.8, 4) is 0 Å². The summed E-state index contributed by atoms with van der Waals surface area (Å²) < 4.78 is 18.7. The molecule has 2 atom stereocenters. The number of aliphatic hydroxyl groups is 2. The van der Waals surface area contributed by atoms with E-state index in [9.17, 15) is 24.2 Å². The normalized spacial score (nSPS) is 12.9. The van der Waals surface area contributed by atoms with Crippen LogP contribution in [0.4, 0.5) is 9.18 Å². The molecule has 25 heavy (non-hydrogen) atoms. The molecule has 3 N–H and O–H groups in total. The van der Waals surface area contributed by atoms with Gasteiger partial charge in [0.1, 0.15) is 30.9 Å². The monoisotopic (exact) mass is 347 g/mol. The fourth-order valence-corrected chi connectivity index (χ4v) is 2.14. The van der Waals surface area contributed by atoms with Crippen LogP contribution in [-0.2, 0) is 11.3 Å². The molecule has 0 saturated carbocycles. The van der Waals surface area contributed by atoms with E-state index in [1.807, 2.05) is 6.07 Å². The maximum Gasteiger partial charge on any atom is 0.407 e. The summed E-state index contributed by atoms with van der Waals surface area (Å²) in [4.78, 5) is 22.3. The largest absolute Gasteiger partial charge is 0.445 e. The Morgan fingerprint density at radius 2 is 1.92 bits per heavy atom. The van der Waals surface area contributed by atoms with E-state index < -0.39 is 24.1 Å². The zero-order valence-electron chi connectivity index (χ0n) is 13.3. The van der Waals surface area contributed by atoms with Gasteiger partial charge >= 0.3 is 6.09 Å². The Bertz CT molecular complexity index is 723. The second kappa shape index (κ2) is 8.91. The molecule has 1 amide bonds. The summed E-state index contributed by atoms with van der Waals surface area (Å²) in [5, 5.41) is 22.2. The van der Waals surface area contributed by atoms with Crippen LogP contribution in [0.1, 0.15) is 27.6 Å². The first-order valence-corrected chi connectivity index (χ1v) is 7.56. The molecular formula is C18H18FNO5. The van der Waals surface area contributed by atoms with Gasteiger partial charge in [0.2, 0.25) is 0 Å². The zero-order valence-corrected chi connectivity index (χ0v) is 13.3. The second-order valence-electron chi connectivity index (χ2n) is 5.35. The molecule has 0 spiro atoms. The van der Waals surface area contributed by atoms with Gasteiger partial charge in [-0.1, -0.05) is 30.3 Å². The van der Waals surface area contributed by atoms with Gasteiger partial charge in [-0.25, -0.2) is 9.18 Å². The molecule has 0 aliphatic heterocycles. The summed E-state index contributed by atoms with van der Waals surface area (Å²) >= 11 is 0. The van der Waals surface area contributed by atoms with E-state index in [4.69, 9.17) is 4.74 Å². The molecule has 0 aliphatic rings. The Morgan fingerprint density at radius 3 is 2.60 bits per heavy atom. The standard InChI is InChI=1S/C18H18FNO5/c19-15-7-6-13(10-21)8-14(15)17(23)16(22)9-20-18(24)25-11-12-4-2-1-3-5-12/h1-8,10,16-17,22-23H,9,11H2,(H,20,24). The lowest BCUT2D eigenvalue weighted by atomic mass is 10.0. The topological polar surface area (TPSA) is 95.9 Å². The Labute approximate surface area is 143 Å². The first kappa shape index (κ1) is 18.6. The van der Waals surface area contributed by atoms with Crippen LogP contribution >= 0.6 is 0 Å². The van der Waals surface area contributed by atoms with Crippen molar-refractivity contribution in [3.05, 3.63) is 71.0 Å². The molecule has 6 nitrogen and oxygen atoms in total. The van der Waals surface area contributed by atoms with Gasteiger partial charge in [-0.05, 0) is 23.8 Å². The average molecular weight is 347 g/mol. The minimum Gasteiger partial charge on any atom is -0.445 e. The highest BCUT2D eigenvalue weighted by molar-refractivity contribution is 5.75. The molecule has 2 aromatic rings. The lowest BCUT2D eigenvalue weighted by Crippen LogP contribution is -2.36. The summed E-state index contributed by atoms with van der Waals surface area (Å²) in [6.45, 7) is -0.291. The molecule has 2 aromatic carbocycles. The van der Waals surface area contributed by atoms with Crippen molar-refractivity contribution in [3.63, 3.8) is 0 Å². The lowest BCUT2D eigenvalue weighted by Gasteiger charge is -2.19. The first-order valence-electron chi connectivity index (χ1n) is 7.56. The van der Waals surface area contributed by atoms with E-state index in [1.54, 1.807) is 24.3 Å². The van der Waals surface area contributed by atoms with Gasteiger partial charge in [-0.2, -0.15) is 0 Å². The van der Waals surface area contributed by atoms with Gasteiger partial charge in [0.25, 0.3) is 0 Å². The van der Waals surface area contributed by atoms with Crippen LogP contribution < -0.4 is 5.32 Å². The maximum atomic E-state index is 13.7. The van der Waals surface area contributed by atoms with Crippen LogP contribution in [0.15, 0.2) is 48.5 Å². The number of ether oxygens (including phenoxy) is 1. The third kappa shape index (κ3) is 5.37. The predicted octanol–water partition coefficient (Wildman–Crippen LogP) is 1.96. The molecule has 0 heterocycles. The van der Waals surface area contributed by atoms with Gasteiger partial charge in [-0.3, -0.25) is 4.79 Å². The number of nitrogens with one attached hydrogen (secondary N) is 1. The van der Waals surface area contributed by atoms with E-state index in [1.165, 1.54) is 6.07 Å². The molecule has 0 saturated heterocycles. The predicted molar refractivity (Wildman–Crippen MR) is 87.4 cm³/mol. The molecule has 132 valence electrons. The lowest BCUT2D eigenvalue weighted by molar-refractivity contribution is 0.0164. The minimum absolute atomic E-state index is 0.0569. The average Bonchev–Trinajstić information content (AvgIpc) is 2.65. The smallest absolute Gasteiger partial charge is 0.407 e. The molecule has 0 aromatic heterocycles. The van der Waals surface area contributed by atoms with Crippen molar-refractivity contribution < 1.29 is 28.9 Å². The van der Waals surface area contributed by atoms with Crippen LogP contribution in [0.25, 0.3) is 0 Å². The zero-order chi connectivity index (χ0) is 18.2. The highest BCUT2D eigenvalue weighted by atomic mass is 19.1. The van der Waals surface area contributed by atoms with Crippen LogP contribution in [-0.4, -0.2) is 35.2 Å². The third-order valence-electron chi connectivity index (χ3n) is 3.51. The van der Waals surface area contributed by atoms with Crippen molar-refractivity contribution in [2.75, 3.05) is 6.54 Å². The Hall–Kier alpha value is -2.77. The first-order chi connectivity index (χ1) is 12.0. The highest BCUT2D eigenvalue weighted by Crippen LogP contribution is 2.21. The van der Waals surface area contributed by atoms with E-state index in [-0.39, 0.29) is 24.3 Å². The molecule has 7 heteroatoms. The molecule has 0 bridgehead atoms. The van der Waals surface area contributed by atoms with Crippen LogP contribution in [0, 0.1) is 5.82 Å². The number of hydrogen-bond acceptors (Lipinski definition) is 5. The molecule has 0 aliphatic carbocycles. The summed E-state index contributed by atoms with van der Waals surface area (Å²) in [6, 6.07) is 12.4. The fraction of sp³-hybridized carbons (Fsp3) is 0.222. The summed E-state index contributed by atoms with van der Waals surface area (Å²) in [7, 11) is 0. The van der Waals surface area contributed by atoms with Crippen molar-refractivity contribution in [2.45, 2.75) is 18.8 Å². The summed E-state index contributed by atoms with van der Waals surface area (Å²) in [6.07, 6.45) is -3.35. The van der Waals surface area contributed by atoms with Crippen LogP contribution in [0.5, 0.6) is 0 Å². The third-order valence-corrected chi connectivity index (χ3v) is 3.51. The van der Waals surface area contributed by atoms with Gasteiger partial charge in [0, 0.05) is 17.7 Å². The van der Waals surface area contributed by atoms with Crippen LogP contribution in [0.3, 0.4) is 0 Å². The SMILES string of the molecule is O=Cc1ccc(F)c(C(O)C(O)CNC(=O)OCc2ccccc2)c1. The number of carbonyl (C=O) groups excluding carboxylic acids is 2. The van der Waals surface area contributed by atoms with Gasteiger partial charge in [0.15, 0.2) is 0 Å². The molecule has 0 fully saturated rings. The number of aldehydes is 1. The number of halogens is 1.